The Bertz CT molecular complexity index is 1420. The largest absolute Gasteiger partial charge is 0.519 e. The third-order valence-corrected chi connectivity index (χ3v) is 7.21. The van der Waals surface area contributed by atoms with Crippen molar-refractivity contribution in [3.8, 4) is 34.1 Å². The van der Waals surface area contributed by atoms with Gasteiger partial charge in [-0.3, -0.25) is 4.79 Å². The van der Waals surface area contributed by atoms with Crippen LogP contribution in [0.3, 0.4) is 0 Å². The van der Waals surface area contributed by atoms with E-state index in [9.17, 15) is 9.59 Å². The van der Waals surface area contributed by atoms with Gasteiger partial charge in [-0.2, -0.15) is 0 Å². The molecule has 1 aliphatic rings. The molecule has 0 heterocycles. The topological polar surface area (TPSA) is 71.1 Å². The average molecular weight is 523 g/mol. The third-order valence-electron chi connectivity index (χ3n) is 7.21. The zero-order chi connectivity index (χ0) is 27.2. The maximum atomic E-state index is 12.5. The summed E-state index contributed by atoms with van der Waals surface area (Å²) in [6.45, 7) is 1.36. The van der Waals surface area contributed by atoms with Gasteiger partial charge in [0.2, 0.25) is 0 Å². The van der Waals surface area contributed by atoms with Crippen molar-refractivity contribution in [2.75, 3.05) is 7.11 Å². The molecule has 0 aromatic heterocycles. The van der Waals surface area contributed by atoms with Crippen LogP contribution in [-0.4, -0.2) is 19.2 Å². The lowest BCUT2D eigenvalue weighted by Gasteiger charge is -2.30. The van der Waals surface area contributed by atoms with E-state index in [1.165, 1.54) is 30.9 Å². The molecule has 6 heteroatoms. The van der Waals surface area contributed by atoms with E-state index in [1.807, 2.05) is 60.7 Å². The van der Waals surface area contributed by atoms with Gasteiger partial charge in [-0.05, 0) is 83.6 Å². The van der Waals surface area contributed by atoms with Crippen LogP contribution in [0.2, 0.25) is 0 Å². The van der Waals surface area contributed by atoms with Crippen LogP contribution in [-0.2, 0) is 10.2 Å². The summed E-state index contributed by atoms with van der Waals surface area (Å²) in [6, 6.07) is 30.3. The number of esters is 1. The van der Waals surface area contributed by atoms with Crippen molar-refractivity contribution in [1.82, 2.24) is 0 Å². The second-order valence-corrected chi connectivity index (χ2v) is 9.64. The van der Waals surface area contributed by atoms with Gasteiger partial charge in [-0.15, -0.1) is 0 Å². The van der Waals surface area contributed by atoms with Crippen LogP contribution >= 0.6 is 0 Å². The molecule has 0 unspecified atom stereocenters. The monoisotopic (exact) mass is 522 g/mol. The first-order chi connectivity index (χ1) is 18.9. The van der Waals surface area contributed by atoms with Crippen molar-refractivity contribution < 1.29 is 28.5 Å². The van der Waals surface area contributed by atoms with E-state index < -0.39 is 6.16 Å². The maximum Gasteiger partial charge on any atom is 0.519 e. The van der Waals surface area contributed by atoms with E-state index in [1.54, 1.807) is 31.4 Å². The van der Waals surface area contributed by atoms with Gasteiger partial charge in [0.15, 0.2) is 0 Å². The fourth-order valence-corrected chi connectivity index (χ4v) is 5.28. The molecule has 1 fully saturated rings. The van der Waals surface area contributed by atoms with Crippen molar-refractivity contribution >= 4 is 12.1 Å². The minimum atomic E-state index is -0.799. The lowest BCUT2D eigenvalue weighted by molar-refractivity contribution is -0.131. The van der Waals surface area contributed by atoms with Crippen LogP contribution in [0.15, 0.2) is 97.1 Å². The third kappa shape index (κ3) is 5.96. The summed E-state index contributed by atoms with van der Waals surface area (Å²) < 4.78 is 21.2. The molecular formula is C33H30O6. The SMILES string of the molecule is COc1ccc(C2(c3ccc(OC(=O)Oc4ccc(-c5ccc(OC(C)=O)cc5)cc4)cc3)CCCC2)cc1. The number of methoxy groups -OCH3 is 1. The van der Waals surface area contributed by atoms with Gasteiger partial charge in [-0.1, -0.05) is 61.4 Å². The van der Waals surface area contributed by atoms with Crippen molar-refractivity contribution in [1.29, 1.82) is 0 Å². The molecular weight excluding hydrogens is 492 g/mol. The molecule has 1 saturated carbocycles. The Kier molecular flexibility index (Phi) is 7.64. The van der Waals surface area contributed by atoms with Crippen molar-refractivity contribution in [2.45, 2.75) is 38.0 Å². The maximum absolute atomic E-state index is 12.5. The zero-order valence-electron chi connectivity index (χ0n) is 22.0. The number of hydrogen-bond donors (Lipinski definition) is 0. The molecule has 0 amide bonds. The van der Waals surface area contributed by atoms with Gasteiger partial charge in [-0.25, -0.2) is 4.79 Å². The predicted octanol–water partition coefficient (Wildman–Crippen LogP) is 7.73. The Hall–Kier alpha value is -4.58. The Morgan fingerprint density at radius 3 is 1.36 bits per heavy atom. The Labute approximate surface area is 228 Å². The molecule has 0 aliphatic heterocycles. The van der Waals surface area contributed by atoms with Crippen LogP contribution in [0.4, 0.5) is 4.79 Å². The molecule has 0 atom stereocenters. The normalized spacial score (nSPS) is 13.9. The Morgan fingerprint density at radius 2 is 0.949 bits per heavy atom. The van der Waals surface area contributed by atoms with Crippen LogP contribution < -0.4 is 18.9 Å². The van der Waals surface area contributed by atoms with Crippen molar-refractivity contribution in [3.63, 3.8) is 0 Å². The number of benzene rings is 4. The lowest BCUT2D eigenvalue weighted by atomic mass is 9.73. The molecule has 0 bridgehead atoms. The highest BCUT2D eigenvalue weighted by Crippen LogP contribution is 2.47. The van der Waals surface area contributed by atoms with Gasteiger partial charge >= 0.3 is 12.1 Å². The molecule has 4 aromatic rings. The molecule has 0 spiro atoms. The highest BCUT2D eigenvalue weighted by Gasteiger charge is 2.37. The first-order valence-electron chi connectivity index (χ1n) is 13.0. The van der Waals surface area contributed by atoms with E-state index in [0.29, 0.717) is 17.2 Å². The number of carbonyl (C=O) groups excluding carboxylic acids is 2. The fraction of sp³-hybridized carbons (Fsp3) is 0.212. The molecule has 6 nitrogen and oxygen atoms in total. The fourth-order valence-electron chi connectivity index (χ4n) is 5.28. The first-order valence-corrected chi connectivity index (χ1v) is 13.0. The molecule has 5 rings (SSSR count). The van der Waals surface area contributed by atoms with Gasteiger partial charge < -0.3 is 18.9 Å². The summed E-state index contributed by atoms with van der Waals surface area (Å²) in [5.41, 5.74) is 4.31. The van der Waals surface area contributed by atoms with E-state index in [2.05, 4.69) is 12.1 Å². The minimum absolute atomic E-state index is 0.0478. The van der Waals surface area contributed by atoms with E-state index in [0.717, 1.165) is 29.7 Å². The molecule has 0 radical (unpaired) electrons. The quantitative estimate of drug-likeness (QED) is 0.141. The van der Waals surface area contributed by atoms with Crippen molar-refractivity contribution in [3.05, 3.63) is 108 Å². The molecule has 198 valence electrons. The second-order valence-electron chi connectivity index (χ2n) is 9.64. The van der Waals surface area contributed by atoms with Gasteiger partial charge in [0.05, 0.1) is 7.11 Å². The van der Waals surface area contributed by atoms with Crippen LogP contribution in [0.5, 0.6) is 23.0 Å². The average Bonchev–Trinajstić information content (AvgIpc) is 3.45. The van der Waals surface area contributed by atoms with Gasteiger partial charge in [0, 0.05) is 12.3 Å². The smallest absolute Gasteiger partial charge is 0.497 e. The molecule has 0 saturated heterocycles. The molecule has 1 aliphatic carbocycles. The summed E-state index contributed by atoms with van der Waals surface area (Å²) in [6.07, 6.45) is 3.71. The van der Waals surface area contributed by atoms with Gasteiger partial charge in [0.1, 0.15) is 23.0 Å². The zero-order valence-corrected chi connectivity index (χ0v) is 22.0. The second kappa shape index (κ2) is 11.4. The highest BCUT2D eigenvalue weighted by molar-refractivity contribution is 5.71. The molecule has 4 aromatic carbocycles. The number of carbonyl (C=O) groups is 2. The lowest BCUT2D eigenvalue weighted by Crippen LogP contribution is -2.23. The summed E-state index contributed by atoms with van der Waals surface area (Å²) >= 11 is 0. The Morgan fingerprint density at radius 1 is 0.564 bits per heavy atom. The van der Waals surface area contributed by atoms with E-state index >= 15 is 0 Å². The summed E-state index contributed by atoms with van der Waals surface area (Å²) in [5.74, 6) is 1.77. The summed E-state index contributed by atoms with van der Waals surface area (Å²) in [4.78, 5) is 23.5. The van der Waals surface area contributed by atoms with Crippen LogP contribution in [0.25, 0.3) is 11.1 Å². The highest BCUT2D eigenvalue weighted by atomic mass is 16.7. The first kappa shape index (κ1) is 26.0. The minimum Gasteiger partial charge on any atom is -0.497 e. The summed E-state index contributed by atoms with van der Waals surface area (Å²) in [5, 5.41) is 0. The van der Waals surface area contributed by atoms with Crippen molar-refractivity contribution in [2.24, 2.45) is 0 Å². The predicted molar refractivity (Wildman–Crippen MR) is 149 cm³/mol. The standard InChI is InChI=1S/C33H30O6/c1-23(34)37-29-13-5-24(6-14-29)25-7-15-30(16-8-25)38-32(35)39-31-19-11-27(12-20-31)33(21-3-4-22-33)26-9-17-28(36-2)18-10-26/h5-20H,3-4,21-22H2,1-2H3. The number of rotatable bonds is 7. The van der Waals surface area contributed by atoms with E-state index in [-0.39, 0.29) is 11.4 Å². The van der Waals surface area contributed by atoms with Crippen LogP contribution in [0, 0.1) is 0 Å². The van der Waals surface area contributed by atoms with Crippen LogP contribution in [0.1, 0.15) is 43.7 Å². The number of hydrogen-bond acceptors (Lipinski definition) is 6. The Balaban J connectivity index is 1.22. The number of ether oxygens (including phenoxy) is 4. The van der Waals surface area contributed by atoms with Gasteiger partial charge in [0.25, 0.3) is 0 Å². The molecule has 39 heavy (non-hydrogen) atoms. The van der Waals surface area contributed by atoms with E-state index in [4.69, 9.17) is 18.9 Å². The molecule has 0 N–H and O–H groups in total. The summed E-state index contributed by atoms with van der Waals surface area (Å²) in [7, 11) is 1.67.